The first-order valence-electron chi connectivity index (χ1n) is 6.10. The fourth-order valence-corrected chi connectivity index (χ4v) is 1.99. The first-order chi connectivity index (χ1) is 8.19. The molecule has 1 atom stereocenters. The number of nitrogens with zero attached hydrogens (tertiary/aromatic N) is 3. The van der Waals surface area contributed by atoms with Crippen molar-refractivity contribution >= 4 is 5.82 Å². The zero-order valence-electron chi connectivity index (χ0n) is 10.7. The smallest absolute Gasteiger partial charge is 0.234 e. The number of aromatic nitrogens is 2. The predicted octanol–water partition coefficient (Wildman–Crippen LogP) is 1.06. The molecule has 1 saturated heterocycles. The molecule has 1 aliphatic rings. The van der Waals surface area contributed by atoms with Crippen LogP contribution in [0.2, 0.25) is 0 Å². The van der Waals surface area contributed by atoms with Gasteiger partial charge in [0, 0.05) is 19.1 Å². The van der Waals surface area contributed by atoms with Crippen molar-refractivity contribution in [1.29, 1.82) is 0 Å². The average molecular weight is 236 g/mol. The van der Waals surface area contributed by atoms with E-state index in [4.69, 9.17) is 4.74 Å². The molecule has 0 saturated carbocycles. The van der Waals surface area contributed by atoms with Crippen LogP contribution < -0.4 is 15.0 Å². The van der Waals surface area contributed by atoms with Crippen LogP contribution in [0.4, 0.5) is 5.82 Å². The molecule has 2 heterocycles. The first kappa shape index (κ1) is 12.1. The van der Waals surface area contributed by atoms with Gasteiger partial charge in [0.15, 0.2) is 5.82 Å². The van der Waals surface area contributed by atoms with Crippen molar-refractivity contribution in [2.45, 2.75) is 32.4 Å². The first-order valence-corrected chi connectivity index (χ1v) is 6.10. The van der Waals surface area contributed by atoms with E-state index in [0.717, 1.165) is 25.3 Å². The standard InChI is InChI=1S/C12H20N4O/c1-9(2)17-12-7-14-6-11(15-12)16-5-4-10(8-16)13-3/h6-7,9-10,13H,4-5,8H2,1-3H3. The summed E-state index contributed by atoms with van der Waals surface area (Å²) in [7, 11) is 2.00. The number of ether oxygens (including phenoxy) is 1. The second kappa shape index (κ2) is 5.31. The number of anilines is 1. The second-order valence-corrected chi connectivity index (χ2v) is 4.60. The van der Waals surface area contributed by atoms with E-state index in [0.29, 0.717) is 11.9 Å². The van der Waals surface area contributed by atoms with Gasteiger partial charge in [0.25, 0.3) is 0 Å². The van der Waals surface area contributed by atoms with E-state index < -0.39 is 0 Å². The summed E-state index contributed by atoms with van der Waals surface area (Å²) in [6, 6.07) is 0.548. The maximum absolute atomic E-state index is 5.55. The minimum Gasteiger partial charge on any atom is -0.474 e. The average Bonchev–Trinajstić information content (AvgIpc) is 2.77. The molecule has 0 bridgehead atoms. The van der Waals surface area contributed by atoms with Gasteiger partial charge in [-0.25, -0.2) is 0 Å². The van der Waals surface area contributed by atoms with E-state index in [-0.39, 0.29) is 6.10 Å². The van der Waals surface area contributed by atoms with Crippen molar-refractivity contribution in [3.63, 3.8) is 0 Å². The maximum Gasteiger partial charge on any atom is 0.234 e. The van der Waals surface area contributed by atoms with Crippen LogP contribution in [0, 0.1) is 0 Å². The molecule has 0 amide bonds. The van der Waals surface area contributed by atoms with Gasteiger partial charge in [-0.05, 0) is 27.3 Å². The van der Waals surface area contributed by atoms with Crippen LogP contribution in [0.25, 0.3) is 0 Å². The molecule has 1 N–H and O–H groups in total. The van der Waals surface area contributed by atoms with Gasteiger partial charge in [-0.3, -0.25) is 4.98 Å². The highest BCUT2D eigenvalue weighted by Gasteiger charge is 2.22. The third-order valence-corrected chi connectivity index (χ3v) is 2.88. The molecule has 0 spiro atoms. The SMILES string of the molecule is CNC1CCN(c2cncc(OC(C)C)n2)C1. The van der Waals surface area contributed by atoms with Gasteiger partial charge >= 0.3 is 0 Å². The summed E-state index contributed by atoms with van der Waals surface area (Å²) in [4.78, 5) is 10.9. The van der Waals surface area contributed by atoms with Crippen LogP contribution in [-0.2, 0) is 0 Å². The third-order valence-electron chi connectivity index (χ3n) is 2.88. The van der Waals surface area contributed by atoms with E-state index in [1.54, 1.807) is 12.4 Å². The zero-order valence-corrected chi connectivity index (χ0v) is 10.7. The Morgan fingerprint density at radius 2 is 2.29 bits per heavy atom. The third kappa shape index (κ3) is 3.06. The summed E-state index contributed by atoms with van der Waals surface area (Å²) in [6.07, 6.45) is 4.73. The lowest BCUT2D eigenvalue weighted by Crippen LogP contribution is -2.30. The monoisotopic (exact) mass is 236 g/mol. The Labute approximate surface area is 102 Å². The molecule has 17 heavy (non-hydrogen) atoms. The molecule has 5 nitrogen and oxygen atoms in total. The largest absolute Gasteiger partial charge is 0.474 e. The highest BCUT2D eigenvalue weighted by Crippen LogP contribution is 2.19. The van der Waals surface area contributed by atoms with Gasteiger partial charge in [-0.2, -0.15) is 4.98 Å². The molecule has 0 aliphatic carbocycles. The van der Waals surface area contributed by atoms with Crippen LogP contribution in [0.1, 0.15) is 20.3 Å². The molecule has 1 unspecified atom stereocenters. The van der Waals surface area contributed by atoms with E-state index in [1.165, 1.54) is 0 Å². The Balaban J connectivity index is 2.06. The lowest BCUT2D eigenvalue weighted by Gasteiger charge is -2.18. The van der Waals surface area contributed by atoms with E-state index >= 15 is 0 Å². The van der Waals surface area contributed by atoms with Gasteiger partial charge in [0.2, 0.25) is 5.88 Å². The normalized spacial score (nSPS) is 20.0. The maximum atomic E-state index is 5.55. The topological polar surface area (TPSA) is 50.3 Å². The lowest BCUT2D eigenvalue weighted by atomic mass is 10.3. The van der Waals surface area contributed by atoms with Gasteiger partial charge < -0.3 is 15.0 Å². The van der Waals surface area contributed by atoms with Gasteiger partial charge in [-0.15, -0.1) is 0 Å². The highest BCUT2D eigenvalue weighted by molar-refractivity contribution is 5.39. The Morgan fingerprint density at radius 1 is 1.47 bits per heavy atom. The lowest BCUT2D eigenvalue weighted by molar-refractivity contribution is 0.231. The quantitative estimate of drug-likeness (QED) is 0.847. The Morgan fingerprint density at radius 3 is 2.94 bits per heavy atom. The zero-order chi connectivity index (χ0) is 12.3. The molecular formula is C12H20N4O. The van der Waals surface area contributed by atoms with Crippen LogP contribution in [-0.4, -0.2) is 42.3 Å². The molecule has 1 aliphatic heterocycles. The molecule has 1 aromatic rings. The van der Waals surface area contributed by atoms with Crippen molar-refractivity contribution in [2.75, 3.05) is 25.0 Å². The number of likely N-dealkylation sites (N-methyl/N-ethyl adjacent to an activating group) is 1. The van der Waals surface area contributed by atoms with Crippen LogP contribution >= 0.6 is 0 Å². The van der Waals surface area contributed by atoms with Crippen LogP contribution in [0.5, 0.6) is 5.88 Å². The molecule has 5 heteroatoms. The van der Waals surface area contributed by atoms with Crippen molar-refractivity contribution in [3.05, 3.63) is 12.4 Å². The number of nitrogens with one attached hydrogen (secondary N) is 1. The predicted molar refractivity (Wildman–Crippen MR) is 67.5 cm³/mol. The van der Waals surface area contributed by atoms with Crippen molar-refractivity contribution in [2.24, 2.45) is 0 Å². The Bertz CT molecular complexity index is 369. The summed E-state index contributed by atoms with van der Waals surface area (Å²) < 4.78 is 5.55. The van der Waals surface area contributed by atoms with Gasteiger partial charge in [0.05, 0.1) is 18.5 Å². The molecule has 0 radical (unpaired) electrons. The minimum absolute atomic E-state index is 0.128. The van der Waals surface area contributed by atoms with Crippen molar-refractivity contribution in [1.82, 2.24) is 15.3 Å². The van der Waals surface area contributed by atoms with Crippen molar-refractivity contribution in [3.8, 4) is 5.88 Å². The molecular weight excluding hydrogens is 216 g/mol. The summed E-state index contributed by atoms with van der Waals surface area (Å²) in [5.74, 6) is 1.51. The summed E-state index contributed by atoms with van der Waals surface area (Å²) in [5, 5.41) is 3.29. The summed E-state index contributed by atoms with van der Waals surface area (Å²) >= 11 is 0. The van der Waals surface area contributed by atoms with E-state index in [1.807, 2.05) is 20.9 Å². The van der Waals surface area contributed by atoms with Crippen molar-refractivity contribution < 1.29 is 4.74 Å². The van der Waals surface area contributed by atoms with Crippen LogP contribution in [0.15, 0.2) is 12.4 Å². The minimum atomic E-state index is 0.128. The van der Waals surface area contributed by atoms with E-state index in [9.17, 15) is 0 Å². The molecule has 2 rings (SSSR count). The number of hydrogen-bond acceptors (Lipinski definition) is 5. The fraction of sp³-hybridized carbons (Fsp3) is 0.667. The molecule has 1 fully saturated rings. The number of hydrogen-bond donors (Lipinski definition) is 1. The Hall–Kier alpha value is -1.36. The van der Waals surface area contributed by atoms with Gasteiger partial charge in [-0.1, -0.05) is 0 Å². The van der Waals surface area contributed by atoms with Gasteiger partial charge in [0.1, 0.15) is 0 Å². The summed E-state index contributed by atoms with van der Waals surface area (Å²) in [5.41, 5.74) is 0. The Kier molecular flexibility index (Phi) is 3.78. The number of rotatable bonds is 4. The highest BCUT2D eigenvalue weighted by atomic mass is 16.5. The van der Waals surface area contributed by atoms with E-state index in [2.05, 4.69) is 20.2 Å². The molecule has 94 valence electrons. The van der Waals surface area contributed by atoms with Crippen LogP contribution in [0.3, 0.4) is 0 Å². The molecule has 0 aromatic carbocycles. The fourth-order valence-electron chi connectivity index (χ4n) is 1.99. The molecule has 1 aromatic heterocycles. The second-order valence-electron chi connectivity index (χ2n) is 4.60. The summed E-state index contributed by atoms with van der Waals surface area (Å²) in [6.45, 7) is 5.98.